The van der Waals surface area contributed by atoms with Gasteiger partial charge in [-0.2, -0.15) is 0 Å². The van der Waals surface area contributed by atoms with Crippen molar-refractivity contribution in [1.29, 1.82) is 0 Å². The molecular formula is C14H18N4O. The van der Waals surface area contributed by atoms with E-state index in [-0.39, 0.29) is 11.9 Å². The van der Waals surface area contributed by atoms with Gasteiger partial charge in [0.25, 0.3) is 5.91 Å². The molecule has 0 bridgehead atoms. The maximum absolute atomic E-state index is 12.2. The number of aryl methyl sites for hydroxylation is 3. The number of nitrogens with zero attached hydrogens (tertiary/aromatic N) is 3. The van der Waals surface area contributed by atoms with Gasteiger partial charge in [-0.3, -0.25) is 4.79 Å². The second-order valence-electron chi connectivity index (χ2n) is 5.16. The number of hydrogen-bond donors (Lipinski definition) is 1. The van der Waals surface area contributed by atoms with Crippen LogP contribution in [-0.2, 0) is 20.0 Å². The molecule has 1 atom stereocenters. The van der Waals surface area contributed by atoms with Crippen molar-refractivity contribution in [1.82, 2.24) is 19.4 Å². The van der Waals surface area contributed by atoms with Crippen LogP contribution in [0.3, 0.4) is 0 Å². The topological polar surface area (TPSA) is 51.9 Å². The van der Waals surface area contributed by atoms with E-state index < -0.39 is 0 Å². The first-order valence-corrected chi connectivity index (χ1v) is 6.58. The molecule has 5 nitrogen and oxygen atoms in total. The summed E-state index contributed by atoms with van der Waals surface area (Å²) in [7, 11) is 1.88. The van der Waals surface area contributed by atoms with Gasteiger partial charge in [-0.1, -0.05) is 0 Å². The van der Waals surface area contributed by atoms with Crippen molar-refractivity contribution in [2.45, 2.75) is 32.4 Å². The summed E-state index contributed by atoms with van der Waals surface area (Å²) in [4.78, 5) is 16.6. The molecule has 0 radical (unpaired) electrons. The maximum Gasteiger partial charge on any atom is 0.268 e. The van der Waals surface area contributed by atoms with Crippen molar-refractivity contribution in [2.75, 3.05) is 0 Å². The van der Waals surface area contributed by atoms with Gasteiger partial charge < -0.3 is 14.5 Å². The number of carbonyl (C=O) groups is 1. The lowest BCUT2D eigenvalue weighted by Crippen LogP contribution is -2.41. The van der Waals surface area contributed by atoms with Crippen LogP contribution in [0.4, 0.5) is 0 Å². The molecule has 3 heterocycles. The lowest BCUT2D eigenvalue weighted by molar-refractivity contribution is 0.0919. The van der Waals surface area contributed by atoms with Gasteiger partial charge in [0.15, 0.2) is 0 Å². The van der Waals surface area contributed by atoms with E-state index in [1.807, 2.05) is 36.9 Å². The van der Waals surface area contributed by atoms with Crippen molar-refractivity contribution in [2.24, 2.45) is 7.05 Å². The minimum atomic E-state index is -0.00205. The summed E-state index contributed by atoms with van der Waals surface area (Å²) in [6.07, 6.45) is 5.81. The predicted octanol–water partition coefficient (Wildman–Crippen LogP) is 1.27. The molecule has 19 heavy (non-hydrogen) atoms. The Morgan fingerprint density at radius 1 is 1.53 bits per heavy atom. The Balaban J connectivity index is 1.69. The van der Waals surface area contributed by atoms with Crippen molar-refractivity contribution in [3.05, 3.63) is 41.7 Å². The largest absolute Gasteiger partial charge is 0.347 e. The lowest BCUT2D eigenvalue weighted by atomic mass is 10.1. The van der Waals surface area contributed by atoms with E-state index in [0.717, 1.165) is 30.9 Å². The summed E-state index contributed by atoms with van der Waals surface area (Å²) >= 11 is 0. The fourth-order valence-electron chi connectivity index (χ4n) is 2.66. The highest BCUT2D eigenvalue weighted by atomic mass is 16.2. The molecule has 1 aliphatic rings. The molecular weight excluding hydrogens is 240 g/mol. The van der Waals surface area contributed by atoms with E-state index in [2.05, 4.69) is 21.1 Å². The van der Waals surface area contributed by atoms with Gasteiger partial charge in [-0.05, 0) is 25.5 Å². The molecule has 0 saturated carbocycles. The molecule has 2 aromatic rings. The number of rotatable bonds is 2. The van der Waals surface area contributed by atoms with Crippen LogP contribution in [0.25, 0.3) is 0 Å². The summed E-state index contributed by atoms with van der Waals surface area (Å²) < 4.78 is 3.99. The summed E-state index contributed by atoms with van der Waals surface area (Å²) in [6, 6.07) is 3.90. The smallest absolute Gasteiger partial charge is 0.268 e. The number of aromatic nitrogens is 3. The summed E-state index contributed by atoms with van der Waals surface area (Å²) in [5.74, 6) is 1.12. The second-order valence-corrected chi connectivity index (χ2v) is 5.16. The van der Waals surface area contributed by atoms with Gasteiger partial charge in [-0.25, -0.2) is 4.98 Å². The third kappa shape index (κ3) is 2.28. The number of imidazole rings is 1. The van der Waals surface area contributed by atoms with Crippen molar-refractivity contribution >= 4 is 5.91 Å². The molecule has 1 aliphatic heterocycles. The Morgan fingerprint density at radius 3 is 3.11 bits per heavy atom. The van der Waals surface area contributed by atoms with Crippen molar-refractivity contribution < 1.29 is 4.79 Å². The monoisotopic (exact) mass is 258 g/mol. The highest BCUT2D eigenvalue weighted by molar-refractivity contribution is 5.92. The number of amides is 1. The van der Waals surface area contributed by atoms with Gasteiger partial charge in [0, 0.05) is 38.4 Å². The highest BCUT2D eigenvalue weighted by Gasteiger charge is 2.22. The summed E-state index contributed by atoms with van der Waals surface area (Å²) in [5, 5.41) is 3.10. The molecule has 0 saturated heterocycles. The van der Waals surface area contributed by atoms with E-state index in [9.17, 15) is 4.79 Å². The van der Waals surface area contributed by atoms with Gasteiger partial charge in [0.1, 0.15) is 11.5 Å². The third-order valence-electron chi connectivity index (χ3n) is 3.62. The van der Waals surface area contributed by atoms with Gasteiger partial charge in [0.2, 0.25) is 0 Å². The lowest BCUT2D eigenvalue weighted by Gasteiger charge is -2.24. The number of carbonyl (C=O) groups excluding carboxylic acids is 1. The minimum absolute atomic E-state index is 0.00205. The number of hydrogen-bond acceptors (Lipinski definition) is 2. The summed E-state index contributed by atoms with van der Waals surface area (Å²) in [6.45, 7) is 2.81. The molecule has 0 spiro atoms. The summed E-state index contributed by atoms with van der Waals surface area (Å²) in [5.41, 5.74) is 1.75. The number of nitrogens with one attached hydrogen (secondary N) is 1. The fraction of sp³-hybridized carbons (Fsp3) is 0.429. The van der Waals surface area contributed by atoms with Crippen LogP contribution < -0.4 is 5.32 Å². The molecule has 2 aromatic heterocycles. The van der Waals surface area contributed by atoms with Crippen LogP contribution in [0.2, 0.25) is 0 Å². The van der Waals surface area contributed by atoms with E-state index in [4.69, 9.17) is 0 Å². The van der Waals surface area contributed by atoms with Crippen LogP contribution >= 0.6 is 0 Å². The standard InChI is InChI=1S/C14H18N4O/c1-10-8-18-9-11(5-6-13(18)15-10)16-14(19)12-4-3-7-17(12)2/h3-4,7-8,11H,5-6,9H2,1-2H3,(H,16,19)/t11-/m1/s1. The highest BCUT2D eigenvalue weighted by Crippen LogP contribution is 2.15. The third-order valence-corrected chi connectivity index (χ3v) is 3.62. The molecule has 1 N–H and O–H groups in total. The zero-order valence-corrected chi connectivity index (χ0v) is 11.3. The zero-order valence-electron chi connectivity index (χ0n) is 11.3. The average molecular weight is 258 g/mol. The van der Waals surface area contributed by atoms with Gasteiger partial charge >= 0.3 is 0 Å². The van der Waals surface area contributed by atoms with E-state index in [1.54, 1.807) is 0 Å². The molecule has 0 aliphatic carbocycles. The minimum Gasteiger partial charge on any atom is -0.347 e. The van der Waals surface area contributed by atoms with Crippen LogP contribution in [0.5, 0.6) is 0 Å². The van der Waals surface area contributed by atoms with Gasteiger partial charge in [0.05, 0.1) is 5.69 Å². The maximum atomic E-state index is 12.2. The molecule has 0 fully saturated rings. The zero-order chi connectivity index (χ0) is 13.4. The fourth-order valence-corrected chi connectivity index (χ4v) is 2.66. The Morgan fingerprint density at radius 2 is 2.37 bits per heavy atom. The number of fused-ring (bicyclic) bond motifs is 1. The van der Waals surface area contributed by atoms with Crippen LogP contribution in [0.15, 0.2) is 24.5 Å². The molecule has 5 heteroatoms. The van der Waals surface area contributed by atoms with Crippen LogP contribution in [0, 0.1) is 6.92 Å². The van der Waals surface area contributed by atoms with Crippen molar-refractivity contribution in [3.8, 4) is 0 Å². The van der Waals surface area contributed by atoms with E-state index in [0.29, 0.717) is 5.69 Å². The molecule has 0 unspecified atom stereocenters. The Kier molecular flexibility index (Phi) is 2.89. The Labute approximate surface area is 112 Å². The Hall–Kier alpha value is -2.04. The Bertz CT molecular complexity index is 611. The molecule has 100 valence electrons. The molecule has 0 aromatic carbocycles. The van der Waals surface area contributed by atoms with E-state index in [1.165, 1.54) is 0 Å². The predicted molar refractivity (Wildman–Crippen MR) is 72.0 cm³/mol. The van der Waals surface area contributed by atoms with Crippen molar-refractivity contribution in [3.63, 3.8) is 0 Å². The van der Waals surface area contributed by atoms with E-state index >= 15 is 0 Å². The first-order valence-electron chi connectivity index (χ1n) is 6.58. The van der Waals surface area contributed by atoms with Gasteiger partial charge in [-0.15, -0.1) is 0 Å². The second kappa shape index (κ2) is 4.57. The average Bonchev–Trinajstić information content (AvgIpc) is 2.93. The quantitative estimate of drug-likeness (QED) is 0.882. The first-order chi connectivity index (χ1) is 9.13. The van der Waals surface area contributed by atoms with Crippen LogP contribution in [0.1, 0.15) is 28.4 Å². The van der Waals surface area contributed by atoms with Crippen LogP contribution in [-0.4, -0.2) is 26.1 Å². The normalized spacial score (nSPS) is 18.1. The SMILES string of the molecule is Cc1cn2c(n1)CC[C@@H](NC(=O)c1cccn1C)C2. The first kappa shape index (κ1) is 12.0. The molecule has 1 amide bonds. The molecule has 3 rings (SSSR count).